The average Bonchev–Trinajstić information content (AvgIpc) is 2.89. The number of anilines is 1. The van der Waals surface area contributed by atoms with E-state index in [0.717, 1.165) is 27.3 Å². The quantitative estimate of drug-likeness (QED) is 0.218. The summed E-state index contributed by atoms with van der Waals surface area (Å²) in [5.41, 5.74) is 4.58. The van der Waals surface area contributed by atoms with Crippen LogP contribution in [0.25, 0.3) is 6.08 Å². The molecule has 0 unspecified atom stereocenters. The lowest BCUT2D eigenvalue weighted by Crippen LogP contribution is -2.13. The van der Waals surface area contributed by atoms with Crippen LogP contribution in [0.2, 0.25) is 5.02 Å². The highest BCUT2D eigenvalue weighted by Gasteiger charge is 2.10. The first-order chi connectivity index (χ1) is 17.1. The van der Waals surface area contributed by atoms with Gasteiger partial charge in [-0.05, 0) is 65.1 Å². The molecule has 0 aliphatic carbocycles. The fraction of sp³-hybridized carbons (Fsp3) is 0.0667. The van der Waals surface area contributed by atoms with Crippen LogP contribution in [0.4, 0.5) is 5.69 Å². The number of nitrogens with zero attached hydrogens (tertiary/aromatic N) is 1. The Morgan fingerprint density at radius 3 is 2.23 bits per heavy atom. The lowest BCUT2D eigenvalue weighted by Gasteiger charge is -2.08. The van der Waals surface area contributed by atoms with Crippen molar-refractivity contribution in [3.8, 4) is 11.8 Å². The van der Waals surface area contributed by atoms with Gasteiger partial charge in [-0.1, -0.05) is 84.4 Å². The first-order valence-corrected chi connectivity index (χ1v) is 11.5. The molecule has 5 heteroatoms. The molecule has 0 saturated carbocycles. The van der Waals surface area contributed by atoms with Crippen LogP contribution in [-0.4, -0.2) is 5.91 Å². The standard InChI is InChI=1S/C30H23ClN2O2/c31-29-9-5-4-8-25(29)18-22-10-12-23(13-11-22)19-26(20-32)30(34)33-27-14-16-28(17-15-27)35-21-24-6-2-1-3-7-24/h1-17,19H,18,21H2,(H,33,34)/b26-19+. The van der Waals surface area contributed by atoms with Crippen LogP contribution in [0.3, 0.4) is 0 Å². The summed E-state index contributed by atoms with van der Waals surface area (Å²) in [6, 6.07) is 34.4. The predicted molar refractivity (Wildman–Crippen MR) is 140 cm³/mol. The Balaban J connectivity index is 1.36. The number of carbonyl (C=O) groups excluding carboxylic acids is 1. The Labute approximate surface area is 210 Å². The van der Waals surface area contributed by atoms with Gasteiger partial charge in [0.25, 0.3) is 5.91 Å². The second-order valence-electron chi connectivity index (χ2n) is 7.93. The molecule has 1 N–H and O–H groups in total. The van der Waals surface area contributed by atoms with Crippen molar-refractivity contribution >= 4 is 29.3 Å². The largest absolute Gasteiger partial charge is 0.489 e. The molecule has 0 aliphatic heterocycles. The van der Waals surface area contributed by atoms with E-state index in [1.165, 1.54) is 0 Å². The molecule has 4 aromatic carbocycles. The highest BCUT2D eigenvalue weighted by Crippen LogP contribution is 2.21. The van der Waals surface area contributed by atoms with Crippen LogP contribution < -0.4 is 10.1 Å². The van der Waals surface area contributed by atoms with Gasteiger partial charge in [-0.15, -0.1) is 0 Å². The molecular weight excluding hydrogens is 456 g/mol. The summed E-state index contributed by atoms with van der Waals surface area (Å²) in [5, 5.41) is 13.0. The predicted octanol–water partition coefficient (Wildman–Crippen LogP) is 7.06. The third-order valence-electron chi connectivity index (χ3n) is 5.37. The third kappa shape index (κ3) is 6.83. The van der Waals surface area contributed by atoms with Crippen LogP contribution >= 0.6 is 11.6 Å². The van der Waals surface area contributed by atoms with Crippen molar-refractivity contribution < 1.29 is 9.53 Å². The molecule has 0 aromatic heterocycles. The minimum absolute atomic E-state index is 0.0215. The van der Waals surface area contributed by atoms with Gasteiger partial charge in [-0.25, -0.2) is 0 Å². The molecule has 0 bridgehead atoms. The van der Waals surface area contributed by atoms with Gasteiger partial charge in [-0.2, -0.15) is 5.26 Å². The normalized spacial score (nSPS) is 10.9. The van der Waals surface area contributed by atoms with E-state index in [1.54, 1.807) is 30.3 Å². The zero-order chi connectivity index (χ0) is 24.5. The van der Waals surface area contributed by atoms with E-state index in [2.05, 4.69) is 5.32 Å². The van der Waals surface area contributed by atoms with Gasteiger partial charge in [0.2, 0.25) is 0 Å². The van der Waals surface area contributed by atoms with Gasteiger partial charge in [-0.3, -0.25) is 4.79 Å². The maximum Gasteiger partial charge on any atom is 0.266 e. The Hall–Kier alpha value is -4.33. The number of benzene rings is 4. The first-order valence-electron chi connectivity index (χ1n) is 11.1. The van der Waals surface area contributed by atoms with Crippen molar-refractivity contribution in [2.45, 2.75) is 13.0 Å². The smallest absolute Gasteiger partial charge is 0.266 e. The Morgan fingerprint density at radius 1 is 0.857 bits per heavy atom. The maximum atomic E-state index is 12.6. The lowest BCUT2D eigenvalue weighted by atomic mass is 10.0. The number of hydrogen-bond donors (Lipinski definition) is 1. The number of nitrogens with one attached hydrogen (secondary N) is 1. The van der Waals surface area contributed by atoms with Crippen LogP contribution in [0.5, 0.6) is 5.75 Å². The number of carbonyl (C=O) groups is 1. The van der Waals surface area contributed by atoms with Crippen molar-refractivity contribution in [3.05, 3.63) is 136 Å². The summed E-state index contributed by atoms with van der Waals surface area (Å²) in [4.78, 5) is 12.6. The van der Waals surface area contributed by atoms with Crippen LogP contribution in [-0.2, 0) is 17.8 Å². The minimum Gasteiger partial charge on any atom is -0.489 e. The third-order valence-corrected chi connectivity index (χ3v) is 5.74. The Morgan fingerprint density at radius 2 is 1.54 bits per heavy atom. The van der Waals surface area contributed by atoms with Gasteiger partial charge in [0.05, 0.1) is 0 Å². The van der Waals surface area contributed by atoms with Gasteiger partial charge < -0.3 is 10.1 Å². The van der Waals surface area contributed by atoms with Crippen LogP contribution in [0.1, 0.15) is 22.3 Å². The molecule has 4 rings (SSSR count). The topological polar surface area (TPSA) is 62.1 Å². The highest BCUT2D eigenvalue weighted by atomic mass is 35.5. The van der Waals surface area contributed by atoms with E-state index in [4.69, 9.17) is 16.3 Å². The molecule has 0 atom stereocenters. The molecule has 0 heterocycles. The Kier molecular flexibility index (Phi) is 7.96. The van der Waals surface area contributed by atoms with E-state index in [0.29, 0.717) is 24.5 Å². The van der Waals surface area contributed by atoms with E-state index >= 15 is 0 Å². The van der Waals surface area contributed by atoms with Crippen molar-refractivity contribution in [2.75, 3.05) is 5.32 Å². The zero-order valence-corrected chi connectivity index (χ0v) is 19.7. The lowest BCUT2D eigenvalue weighted by molar-refractivity contribution is -0.112. The van der Waals surface area contributed by atoms with Gasteiger partial charge >= 0.3 is 0 Å². The number of rotatable bonds is 8. The number of halogens is 1. The van der Waals surface area contributed by atoms with Gasteiger partial charge in [0.15, 0.2) is 0 Å². The zero-order valence-electron chi connectivity index (χ0n) is 18.9. The molecule has 4 aromatic rings. The second kappa shape index (κ2) is 11.7. The van der Waals surface area contributed by atoms with Crippen LogP contribution in [0, 0.1) is 11.3 Å². The van der Waals surface area contributed by atoms with Crippen molar-refractivity contribution in [2.24, 2.45) is 0 Å². The number of ether oxygens (including phenoxy) is 1. The molecule has 0 spiro atoms. The van der Waals surface area contributed by atoms with Crippen LogP contribution in [0.15, 0.2) is 109 Å². The fourth-order valence-electron chi connectivity index (χ4n) is 3.48. The summed E-state index contributed by atoms with van der Waals surface area (Å²) >= 11 is 6.25. The van der Waals surface area contributed by atoms with Crippen molar-refractivity contribution in [3.63, 3.8) is 0 Å². The summed E-state index contributed by atoms with van der Waals surface area (Å²) in [6.45, 7) is 0.463. The summed E-state index contributed by atoms with van der Waals surface area (Å²) in [6.07, 6.45) is 2.28. The highest BCUT2D eigenvalue weighted by molar-refractivity contribution is 6.31. The fourth-order valence-corrected chi connectivity index (χ4v) is 3.69. The SMILES string of the molecule is N#C/C(=C\c1ccc(Cc2ccccc2Cl)cc1)C(=O)Nc1ccc(OCc2ccccc2)cc1. The molecule has 0 aliphatic rings. The number of nitriles is 1. The molecule has 4 nitrogen and oxygen atoms in total. The van der Waals surface area contributed by atoms with E-state index in [-0.39, 0.29) is 5.57 Å². The summed E-state index contributed by atoms with van der Waals surface area (Å²) < 4.78 is 5.77. The molecular formula is C30H23ClN2O2. The summed E-state index contributed by atoms with van der Waals surface area (Å²) in [7, 11) is 0. The first kappa shape index (κ1) is 23.8. The number of amides is 1. The number of hydrogen-bond acceptors (Lipinski definition) is 3. The van der Waals surface area contributed by atoms with E-state index in [1.807, 2.05) is 84.9 Å². The van der Waals surface area contributed by atoms with E-state index < -0.39 is 5.91 Å². The summed E-state index contributed by atoms with van der Waals surface area (Å²) in [5.74, 6) is 0.227. The van der Waals surface area contributed by atoms with E-state index in [9.17, 15) is 10.1 Å². The second-order valence-corrected chi connectivity index (χ2v) is 8.34. The molecule has 172 valence electrons. The molecule has 0 radical (unpaired) electrons. The maximum absolute atomic E-state index is 12.6. The monoisotopic (exact) mass is 478 g/mol. The minimum atomic E-state index is -0.467. The molecule has 0 saturated heterocycles. The molecule has 0 fully saturated rings. The van der Waals surface area contributed by atoms with Crippen molar-refractivity contribution in [1.29, 1.82) is 5.26 Å². The molecule has 35 heavy (non-hydrogen) atoms. The molecule has 1 amide bonds. The Bertz CT molecular complexity index is 1360. The average molecular weight is 479 g/mol. The van der Waals surface area contributed by atoms with Gasteiger partial charge in [0.1, 0.15) is 24.0 Å². The van der Waals surface area contributed by atoms with Gasteiger partial charge in [0, 0.05) is 10.7 Å². The van der Waals surface area contributed by atoms with Crippen molar-refractivity contribution in [1.82, 2.24) is 0 Å².